The fourth-order valence-corrected chi connectivity index (χ4v) is 2.11. The third-order valence-corrected chi connectivity index (χ3v) is 3.31. The molecule has 0 saturated carbocycles. The average Bonchev–Trinajstić information content (AvgIpc) is 2.17. The van der Waals surface area contributed by atoms with Crippen molar-refractivity contribution in [1.82, 2.24) is 0 Å². The maximum absolute atomic E-state index is 11.0. The Morgan fingerprint density at radius 3 is 2.47 bits per heavy atom. The molecule has 4 nitrogen and oxygen atoms in total. The van der Waals surface area contributed by atoms with Crippen molar-refractivity contribution >= 4 is 15.8 Å². The Kier molecular flexibility index (Phi) is 7.47. The summed E-state index contributed by atoms with van der Waals surface area (Å²) in [6.07, 6.45) is 0. The second kappa shape index (κ2) is 7.23. The van der Waals surface area contributed by atoms with Crippen LogP contribution in [0.25, 0.3) is 0 Å². The summed E-state index contributed by atoms with van der Waals surface area (Å²) in [7, 11) is -4.16. The summed E-state index contributed by atoms with van der Waals surface area (Å²) in [5.41, 5.74) is 1.76. The van der Waals surface area contributed by atoms with Gasteiger partial charge in [0.2, 0.25) is 0 Å². The predicted molar refractivity (Wildman–Crippen MR) is 64.9 cm³/mol. The van der Waals surface area contributed by atoms with Crippen LogP contribution in [0.15, 0.2) is 24.3 Å². The first-order chi connectivity index (χ1) is 7.36. The maximum Gasteiger partial charge on any atom is 1.00 e. The number of hydrogen-bond acceptors (Lipinski definition) is 3. The molecule has 1 N–H and O–H groups in total. The molecule has 1 atom stereocenters. The van der Waals surface area contributed by atoms with E-state index >= 15 is 0 Å². The Hall–Kier alpha value is 0.566. The van der Waals surface area contributed by atoms with E-state index < -0.39 is 15.5 Å². The molecule has 0 fully saturated rings. The molecule has 1 unspecified atom stereocenters. The van der Waals surface area contributed by atoms with E-state index in [4.69, 9.17) is 4.55 Å². The minimum Gasteiger partial charge on any atom is -0.382 e. The van der Waals surface area contributed by atoms with Crippen molar-refractivity contribution in [3.63, 3.8) is 0 Å². The van der Waals surface area contributed by atoms with E-state index in [2.05, 4.69) is 6.92 Å². The minimum absolute atomic E-state index is 0. The maximum atomic E-state index is 11.0. The Balaban J connectivity index is 0.00000256. The Labute approximate surface area is 146 Å². The van der Waals surface area contributed by atoms with Crippen molar-refractivity contribution in [3.05, 3.63) is 36.8 Å². The molecular formula is C11H16KNO3S. The van der Waals surface area contributed by atoms with Gasteiger partial charge >= 0.3 is 51.4 Å². The molecule has 1 rings (SSSR count). The van der Waals surface area contributed by atoms with Crippen LogP contribution in [-0.2, 0) is 10.1 Å². The van der Waals surface area contributed by atoms with Gasteiger partial charge in [0.1, 0.15) is 0 Å². The van der Waals surface area contributed by atoms with Gasteiger partial charge in [-0.1, -0.05) is 12.1 Å². The van der Waals surface area contributed by atoms with Gasteiger partial charge in [-0.15, -0.1) is 0 Å². The van der Waals surface area contributed by atoms with E-state index in [9.17, 15) is 8.42 Å². The molecule has 0 spiro atoms. The molecule has 0 amide bonds. The van der Waals surface area contributed by atoms with E-state index in [1.807, 2.05) is 32.0 Å². The smallest absolute Gasteiger partial charge is 0.382 e. The normalized spacial score (nSPS) is 12.7. The van der Waals surface area contributed by atoms with Gasteiger partial charge in [0, 0.05) is 17.6 Å². The van der Waals surface area contributed by atoms with Crippen molar-refractivity contribution in [2.24, 2.45) is 0 Å². The minimum atomic E-state index is -4.16. The quantitative estimate of drug-likeness (QED) is 0.431. The molecular weight excluding hydrogens is 265 g/mol. The Morgan fingerprint density at radius 1 is 1.47 bits per heavy atom. The van der Waals surface area contributed by atoms with Crippen LogP contribution < -0.4 is 56.3 Å². The number of benzene rings is 1. The molecule has 1 aromatic carbocycles. The van der Waals surface area contributed by atoms with Crippen molar-refractivity contribution < 1.29 is 64.4 Å². The number of rotatable bonds is 4. The van der Waals surface area contributed by atoms with Crippen LogP contribution in [-0.4, -0.2) is 24.9 Å². The molecule has 0 radical (unpaired) electrons. The molecule has 0 bridgehead atoms. The van der Waals surface area contributed by atoms with E-state index in [0.29, 0.717) is 6.54 Å². The number of hydrogen-bond donors (Lipinski definition) is 1. The number of nitrogens with zero attached hydrogens (tertiary/aromatic N) is 1. The van der Waals surface area contributed by atoms with Crippen LogP contribution in [0.5, 0.6) is 0 Å². The fourth-order valence-electron chi connectivity index (χ4n) is 1.52. The first kappa shape index (κ1) is 17.6. The van der Waals surface area contributed by atoms with E-state index in [1.54, 1.807) is 6.07 Å². The average molecular weight is 281 g/mol. The topological polar surface area (TPSA) is 57.6 Å². The van der Waals surface area contributed by atoms with Crippen LogP contribution >= 0.6 is 0 Å². The summed E-state index contributed by atoms with van der Waals surface area (Å²) in [5.74, 6) is 0. The summed E-state index contributed by atoms with van der Waals surface area (Å²) in [6, 6.07) is 7.40. The zero-order valence-electron chi connectivity index (χ0n) is 10.4. The zero-order valence-corrected chi connectivity index (χ0v) is 14.4. The van der Waals surface area contributed by atoms with Crippen LogP contribution in [0.1, 0.15) is 12.5 Å². The van der Waals surface area contributed by atoms with Crippen molar-refractivity contribution in [3.8, 4) is 0 Å². The second-order valence-corrected chi connectivity index (χ2v) is 5.17. The molecule has 0 aliphatic carbocycles. The summed E-state index contributed by atoms with van der Waals surface area (Å²) >= 11 is 0. The van der Waals surface area contributed by atoms with Crippen molar-refractivity contribution in [2.75, 3.05) is 11.4 Å². The van der Waals surface area contributed by atoms with E-state index in [-0.39, 0.29) is 51.4 Å². The zero-order chi connectivity index (χ0) is 12.3. The molecule has 17 heavy (non-hydrogen) atoms. The summed E-state index contributed by atoms with van der Waals surface area (Å²) in [4.78, 5) is 1.53. The van der Waals surface area contributed by atoms with Crippen LogP contribution in [0.2, 0.25) is 0 Å². The summed E-state index contributed by atoms with van der Waals surface area (Å²) < 4.78 is 31.1. The van der Waals surface area contributed by atoms with Gasteiger partial charge in [-0.3, -0.25) is 4.55 Å². The molecule has 90 valence electrons. The molecule has 0 heterocycles. The SMILES string of the molecule is [CH2-]C(N(CC)c1cccc(C)c1)S(=O)(=O)O.[K+]. The number of aryl methyl sites for hydroxylation is 1. The van der Waals surface area contributed by atoms with Gasteiger partial charge in [0.15, 0.2) is 0 Å². The first-order valence-electron chi connectivity index (χ1n) is 4.99. The van der Waals surface area contributed by atoms with Crippen molar-refractivity contribution in [1.29, 1.82) is 0 Å². The van der Waals surface area contributed by atoms with Gasteiger partial charge in [-0.2, -0.15) is 0 Å². The molecule has 1 aromatic rings. The predicted octanol–water partition coefficient (Wildman–Crippen LogP) is -1.13. The molecule has 0 aliphatic rings. The summed E-state index contributed by atoms with van der Waals surface area (Å²) in [6.45, 7) is 7.66. The standard InChI is InChI=1S/C11H16NO3S.K/c1-4-12(10(3)16(13,14)15)11-7-5-6-9(2)8-11;/h5-8,10H,3-4H2,1-2H3,(H,13,14,15);/q-1;+1. The van der Waals surface area contributed by atoms with E-state index in [1.165, 1.54) is 4.90 Å². The Morgan fingerprint density at radius 2 is 2.06 bits per heavy atom. The van der Waals surface area contributed by atoms with Gasteiger partial charge in [0.05, 0.1) is 0 Å². The molecule has 6 heteroatoms. The van der Waals surface area contributed by atoms with Crippen LogP contribution in [0.4, 0.5) is 5.69 Å². The third kappa shape index (κ3) is 4.98. The molecule has 0 aliphatic heterocycles. The van der Waals surface area contributed by atoms with Gasteiger partial charge in [0.25, 0.3) is 10.1 Å². The second-order valence-electron chi connectivity index (χ2n) is 3.59. The molecule has 0 aromatic heterocycles. The number of anilines is 1. The van der Waals surface area contributed by atoms with Crippen molar-refractivity contribution in [2.45, 2.75) is 19.2 Å². The Bertz CT molecular complexity index is 462. The third-order valence-electron chi connectivity index (χ3n) is 2.37. The van der Waals surface area contributed by atoms with Crippen LogP contribution in [0, 0.1) is 13.8 Å². The van der Waals surface area contributed by atoms with Crippen LogP contribution in [0.3, 0.4) is 0 Å². The summed E-state index contributed by atoms with van der Waals surface area (Å²) in [5, 5.41) is -1.18. The molecule has 0 saturated heterocycles. The largest absolute Gasteiger partial charge is 1.00 e. The fraction of sp³-hybridized carbons (Fsp3) is 0.364. The monoisotopic (exact) mass is 281 g/mol. The first-order valence-corrected chi connectivity index (χ1v) is 6.49. The van der Waals surface area contributed by atoms with E-state index in [0.717, 1.165) is 11.3 Å². The van der Waals surface area contributed by atoms with Gasteiger partial charge in [-0.05, 0) is 31.5 Å². The van der Waals surface area contributed by atoms with Gasteiger partial charge in [-0.25, -0.2) is 8.42 Å². The van der Waals surface area contributed by atoms with Gasteiger partial charge < -0.3 is 11.8 Å².